The van der Waals surface area contributed by atoms with Gasteiger partial charge in [0.1, 0.15) is 28.9 Å². The molecule has 8 nitrogen and oxygen atoms in total. The largest absolute Gasteiger partial charge is 0.345 e. The number of aromatic nitrogens is 4. The third kappa shape index (κ3) is 2.66. The highest BCUT2D eigenvalue weighted by atomic mass is 32.1. The highest BCUT2D eigenvalue weighted by molar-refractivity contribution is 7.19. The van der Waals surface area contributed by atoms with Crippen LogP contribution in [0.4, 0.5) is 5.69 Å². The summed E-state index contributed by atoms with van der Waals surface area (Å²) in [5.41, 5.74) is 1.04. The molecule has 0 atom stereocenters. The number of rotatable bonds is 3. The van der Waals surface area contributed by atoms with Crippen molar-refractivity contribution < 1.29 is 0 Å². The quantitative estimate of drug-likeness (QED) is 0.729. The van der Waals surface area contributed by atoms with Crippen LogP contribution in [0.2, 0.25) is 0 Å². The minimum absolute atomic E-state index is 0.0915. The second-order valence-electron chi connectivity index (χ2n) is 4.64. The zero-order valence-electron chi connectivity index (χ0n) is 12.3. The van der Waals surface area contributed by atoms with Gasteiger partial charge in [0.15, 0.2) is 11.4 Å². The number of anilines is 1. The zero-order valence-corrected chi connectivity index (χ0v) is 13.2. The molecular formula is C15H8N8S. The SMILES string of the molecule is Cc1nnc2sc(-c3cccc(NC(C#N)=C(C#N)C#N)c3)nn12. The number of hydrogen-bond acceptors (Lipinski definition) is 8. The average Bonchev–Trinajstić information content (AvgIpc) is 3.17. The summed E-state index contributed by atoms with van der Waals surface area (Å²) >= 11 is 1.39. The van der Waals surface area contributed by atoms with Crippen LogP contribution < -0.4 is 5.32 Å². The van der Waals surface area contributed by atoms with E-state index in [4.69, 9.17) is 15.8 Å². The third-order valence-corrected chi connectivity index (χ3v) is 4.06. The first-order chi connectivity index (χ1) is 11.7. The minimum atomic E-state index is -0.266. The maximum absolute atomic E-state index is 9.10. The Balaban J connectivity index is 1.98. The van der Waals surface area contributed by atoms with Gasteiger partial charge in [0.2, 0.25) is 4.96 Å². The average molecular weight is 332 g/mol. The molecule has 9 heteroatoms. The molecule has 3 rings (SSSR count). The van der Waals surface area contributed by atoms with Crippen molar-refractivity contribution in [3.8, 4) is 28.8 Å². The van der Waals surface area contributed by atoms with Gasteiger partial charge in [-0.25, -0.2) is 0 Å². The van der Waals surface area contributed by atoms with E-state index in [1.165, 1.54) is 11.3 Å². The number of nitrogens with zero attached hydrogens (tertiary/aromatic N) is 7. The lowest BCUT2D eigenvalue weighted by Crippen LogP contribution is -2.00. The van der Waals surface area contributed by atoms with Gasteiger partial charge < -0.3 is 5.32 Å². The number of nitriles is 3. The molecule has 1 aromatic carbocycles. The molecule has 0 spiro atoms. The molecule has 0 aliphatic rings. The fourth-order valence-electron chi connectivity index (χ4n) is 1.99. The Kier molecular flexibility index (Phi) is 3.90. The summed E-state index contributed by atoms with van der Waals surface area (Å²) in [5.74, 6) is 0.698. The molecule has 24 heavy (non-hydrogen) atoms. The summed E-state index contributed by atoms with van der Waals surface area (Å²) in [5, 5.41) is 42.8. The molecule has 0 bridgehead atoms. The van der Waals surface area contributed by atoms with E-state index in [1.807, 2.05) is 19.1 Å². The van der Waals surface area contributed by atoms with E-state index in [-0.39, 0.29) is 11.3 Å². The lowest BCUT2D eigenvalue weighted by molar-refractivity contribution is 0.898. The fraction of sp³-hybridized carbons (Fsp3) is 0.0667. The fourth-order valence-corrected chi connectivity index (χ4v) is 2.87. The summed E-state index contributed by atoms with van der Waals surface area (Å²) in [6.45, 7) is 1.82. The molecule has 1 N–H and O–H groups in total. The number of aryl methyl sites for hydroxylation is 1. The molecule has 0 aliphatic heterocycles. The first-order valence-electron chi connectivity index (χ1n) is 6.67. The summed E-state index contributed by atoms with van der Waals surface area (Å²) in [6, 6.07) is 12.4. The molecule has 114 valence electrons. The van der Waals surface area contributed by atoms with Crippen LogP contribution in [0.5, 0.6) is 0 Å². The van der Waals surface area contributed by atoms with E-state index < -0.39 is 0 Å². The van der Waals surface area contributed by atoms with Gasteiger partial charge in [-0.05, 0) is 19.1 Å². The van der Waals surface area contributed by atoms with Gasteiger partial charge >= 0.3 is 0 Å². The first-order valence-corrected chi connectivity index (χ1v) is 7.48. The van der Waals surface area contributed by atoms with E-state index >= 15 is 0 Å². The summed E-state index contributed by atoms with van der Waals surface area (Å²) < 4.78 is 1.66. The Bertz CT molecular complexity index is 1070. The van der Waals surface area contributed by atoms with Gasteiger partial charge in [0.05, 0.1) is 0 Å². The second kappa shape index (κ2) is 6.17. The van der Waals surface area contributed by atoms with Gasteiger partial charge in [-0.1, -0.05) is 23.5 Å². The Labute approximate surface area is 140 Å². The number of nitrogens with one attached hydrogen (secondary N) is 1. The Morgan fingerprint density at radius 2 is 1.96 bits per heavy atom. The highest BCUT2D eigenvalue weighted by Gasteiger charge is 2.12. The molecule has 0 saturated carbocycles. The van der Waals surface area contributed by atoms with Crippen LogP contribution in [0.1, 0.15) is 5.82 Å². The van der Waals surface area contributed by atoms with Crippen molar-refractivity contribution in [3.63, 3.8) is 0 Å². The Hall–Kier alpha value is -3.74. The van der Waals surface area contributed by atoms with Crippen LogP contribution in [0, 0.1) is 40.9 Å². The van der Waals surface area contributed by atoms with E-state index in [0.717, 1.165) is 10.6 Å². The topological polar surface area (TPSA) is 126 Å². The van der Waals surface area contributed by atoms with Crippen molar-refractivity contribution in [2.45, 2.75) is 6.92 Å². The van der Waals surface area contributed by atoms with Crippen LogP contribution in [-0.2, 0) is 0 Å². The van der Waals surface area contributed by atoms with Crippen molar-refractivity contribution in [1.29, 1.82) is 15.8 Å². The molecule has 0 saturated heterocycles. The van der Waals surface area contributed by atoms with Gasteiger partial charge in [-0.3, -0.25) is 0 Å². The minimum Gasteiger partial charge on any atom is -0.345 e. The monoisotopic (exact) mass is 332 g/mol. The van der Waals surface area contributed by atoms with E-state index in [2.05, 4.69) is 20.6 Å². The summed E-state index contributed by atoms with van der Waals surface area (Å²) in [6.07, 6.45) is 0. The van der Waals surface area contributed by atoms with Crippen LogP contribution in [0.25, 0.3) is 15.5 Å². The molecule has 0 unspecified atom stereocenters. The molecule has 3 aromatic rings. The maximum atomic E-state index is 9.10. The number of hydrogen-bond donors (Lipinski definition) is 1. The third-order valence-electron chi connectivity index (χ3n) is 3.11. The Morgan fingerprint density at radius 3 is 2.62 bits per heavy atom. The highest BCUT2D eigenvalue weighted by Crippen LogP contribution is 2.27. The number of fused-ring (bicyclic) bond motifs is 1. The zero-order chi connectivity index (χ0) is 17.1. The van der Waals surface area contributed by atoms with Crippen molar-refractivity contribution in [2.24, 2.45) is 0 Å². The number of allylic oxidation sites excluding steroid dienone is 2. The smallest absolute Gasteiger partial charge is 0.234 e. The number of benzene rings is 1. The van der Waals surface area contributed by atoms with E-state index in [1.54, 1.807) is 34.9 Å². The normalized spacial score (nSPS) is 9.75. The Morgan fingerprint density at radius 1 is 1.17 bits per heavy atom. The first kappa shape index (κ1) is 15.2. The predicted octanol–water partition coefficient (Wildman–Crippen LogP) is 2.40. The van der Waals surface area contributed by atoms with Gasteiger partial charge in [-0.15, -0.1) is 10.2 Å². The van der Waals surface area contributed by atoms with E-state index in [9.17, 15) is 0 Å². The van der Waals surface area contributed by atoms with Crippen LogP contribution in [0.15, 0.2) is 35.5 Å². The molecule has 2 aromatic heterocycles. The van der Waals surface area contributed by atoms with Crippen LogP contribution >= 0.6 is 11.3 Å². The lowest BCUT2D eigenvalue weighted by Gasteiger charge is -2.05. The van der Waals surface area contributed by atoms with Crippen molar-refractivity contribution >= 4 is 22.0 Å². The van der Waals surface area contributed by atoms with Gasteiger partial charge in [0, 0.05) is 11.3 Å². The molecule has 0 radical (unpaired) electrons. The van der Waals surface area contributed by atoms with Crippen LogP contribution in [0.3, 0.4) is 0 Å². The van der Waals surface area contributed by atoms with Crippen molar-refractivity contribution in [1.82, 2.24) is 19.8 Å². The summed E-state index contributed by atoms with van der Waals surface area (Å²) in [7, 11) is 0. The molecule has 0 fully saturated rings. The molecular weight excluding hydrogens is 324 g/mol. The van der Waals surface area contributed by atoms with Crippen molar-refractivity contribution in [3.05, 3.63) is 41.4 Å². The second-order valence-corrected chi connectivity index (χ2v) is 5.60. The predicted molar refractivity (Wildman–Crippen MR) is 86.3 cm³/mol. The van der Waals surface area contributed by atoms with E-state index in [0.29, 0.717) is 16.5 Å². The van der Waals surface area contributed by atoms with Crippen LogP contribution in [-0.4, -0.2) is 19.8 Å². The summed E-state index contributed by atoms with van der Waals surface area (Å²) in [4.78, 5) is 0.690. The lowest BCUT2D eigenvalue weighted by atomic mass is 10.2. The van der Waals surface area contributed by atoms with Gasteiger partial charge in [-0.2, -0.15) is 25.4 Å². The van der Waals surface area contributed by atoms with Crippen molar-refractivity contribution in [2.75, 3.05) is 5.32 Å². The molecule has 0 amide bonds. The standard InChI is InChI=1S/C15H8N8S/c1-9-20-21-15-23(9)22-14(24-15)10-3-2-4-12(5-10)19-13(8-18)11(6-16)7-17/h2-5,19H,1H3. The molecule has 0 aliphatic carbocycles. The maximum Gasteiger partial charge on any atom is 0.234 e. The van der Waals surface area contributed by atoms with Gasteiger partial charge in [0.25, 0.3) is 0 Å². The molecule has 2 heterocycles.